The minimum Gasteiger partial charge on any atom is -0.459 e. The van der Waals surface area contributed by atoms with Crippen molar-refractivity contribution in [1.29, 1.82) is 0 Å². The summed E-state index contributed by atoms with van der Waals surface area (Å²) in [6.45, 7) is 0.695. The lowest BCUT2D eigenvalue weighted by Gasteiger charge is -2.24. The van der Waals surface area contributed by atoms with Gasteiger partial charge in [0.1, 0.15) is 0 Å². The number of rotatable bonds is 6. The van der Waals surface area contributed by atoms with Gasteiger partial charge < -0.3 is 14.2 Å². The first-order valence-electron chi connectivity index (χ1n) is 9.15. The van der Waals surface area contributed by atoms with Gasteiger partial charge in [-0.3, -0.25) is 4.79 Å². The average molecular weight is 429 g/mol. The van der Waals surface area contributed by atoms with Crippen molar-refractivity contribution >= 4 is 34.8 Å². The molecule has 4 rings (SSSR count). The fourth-order valence-electron chi connectivity index (χ4n) is 3.19. The van der Waals surface area contributed by atoms with Gasteiger partial charge in [-0.2, -0.15) is 0 Å². The van der Waals surface area contributed by atoms with Crippen LogP contribution in [-0.4, -0.2) is 29.2 Å². The maximum Gasteiger partial charge on any atom is 0.289 e. The Kier molecular flexibility index (Phi) is 5.88. The third-order valence-corrected chi connectivity index (χ3v) is 5.29. The van der Waals surface area contributed by atoms with Crippen LogP contribution in [0.15, 0.2) is 76.5 Å². The van der Waals surface area contributed by atoms with Gasteiger partial charge in [-0.05, 0) is 41.5 Å². The average Bonchev–Trinajstić information content (AvgIpc) is 3.41. The highest BCUT2D eigenvalue weighted by Crippen LogP contribution is 2.23. The summed E-state index contributed by atoms with van der Waals surface area (Å²) < 4.78 is 5.30. The molecular formula is C22H18Cl2N2O3. The van der Waals surface area contributed by atoms with Crippen LogP contribution >= 0.6 is 23.2 Å². The number of carbonyl (C=O) groups is 1. The zero-order valence-electron chi connectivity index (χ0n) is 15.4. The van der Waals surface area contributed by atoms with Crippen molar-refractivity contribution < 1.29 is 14.0 Å². The molecule has 1 amide bonds. The Balaban J connectivity index is 1.49. The molecule has 0 spiro atoms. The number of hydrogen-bond donors (Lipinski definition) is 0. The number of hydrogen-bond acceptors (Lipinski definition) is 4. The summed E-state index contributed by atoms with van der Waals surface area (Å²) in [5, 5.41) is 5.48. The number of oxime groups is 1. The number of amides is 1. The van der Waals surface area contributed by atoms with E-state index in [0.29, 0.717) is 29.6 Å². The highest BCUT2D eigenvalue weighted by molar-refractivity contribution is 6.31. The second kappa shape index (κ2) is 8.72. The van der Waals surface area contributed by atoms with Gasteiger partial charge in [0.05, 0.1) is 18.5 Å². The van der Waals surface area contributed by atoms with Gasteiger partial charge in [0.15, 0.2) is 11.9 Å². The van der Waals surface area contributed by atoms with E-state index < -0.39 is 0 Å². The molecule has 0 aliphatic carbocycles. The van der Waals surface area contributed by atoms with Gasteiger partial charge >= 0.3 is 0 Å². The van der Waals surface area contributed by atoms with Gasteiger partial charge in [-0.1, -0.05) is 58.7 Å². The Bertz CT molecular complexity index is 1020. The first-order chi connectivity index (χ1) is 14.1. The van der Waals surface area contributed by atoms with Crippen LogP contribution in [0.4, 0.5) is 0 Å². The van der Waals surface area contributed by atoms with Crippen LogP contribution in [0.1, 0.15) is 28.1 Å². The lowest BCUT2D eigenvalue weighted by Crippen LogP contribution is -2.37. The van der Waals surface area contributed by atoms with E-state index in [2.05, 4.69) is 5.16 Å². The van der Waals surface area contributed by atoms with E-state index in [-0.39, 0.29) is 17.8 Å². The number of nitrogens with zero attached hydrogens (tertiary/aromatic N) is 2. The summed E-state index contributed by atoms with van der Waals surface area (Å²) in [5.74, 6) is 0.0485. The van der Waals surface area contributed by atoms with Crippen molar-refractivity contribution in [1.82, 2.24) is 4.90 Å². The van der Waals surface area contributed by atoms with Crippen molar-refractivity contribution in [2.24, 2.45) is 5.16 Å². The van der Waals surface area contributed by atoms with Crippen molar-refractivity contribution in [3.8, 4) is 0 Å². The molecule has 0 saturated carbocycles. The third kappa shape index (κ3) is 4.63. The van der Waals surface area contributed by atoms with Gasteiger partial charge in [-0.25, -0.2) is 0 Å². The highest BCUT2D eigenvalue weighted by atomic mass is 35.5. The maximum atomic E-state index is 13.0. The molecule has 7 heteroatoms. The molecule has 1 aliphatic rings. The Labute approximate surface area is 178 Å². The van der Waals surface area contributed by atoms with Gasteiger partial charge in [0.2, 0.25) is 0 Å². The second-order valence-electron chi connectivity index (χ2n) is 6.73. The molecule has 2 aromatic carbocycles. The SMILES string of the molecule is O=C(c1ccco1)N(Cc1ccccc1Cl)CC1CC(c2ccc(Cl)cc2)=NO1. The summed E-state index contributed by atoms with van der Waals surface area (Å²) in [4.78, 5) is 20.3. The van der Waals surface area contributed by atoms with Crippen LogP contribution in [0, 0.1) is 0 Å². The summed E-state index contributed by atoms with van der Waals surface area (Å²) in [6, 6.07) is 18.2. The van der Waals surface area contributed by atoms with Gasteiger partial charge in [0, 0.05) is 23.0 Å². The molecule has 1 atom stereocenters. The van der Waals surface area contributed by atoms with Crippen molar-refractivity contribution in [3.05, 3.63) is 93.9 Å². The van der Waals surface area contributed by atoms with E-state index in [9.17, 15) is 4.79 Å². The van der Waals surface area contributed by atoms with Crippen molar-refractivity contribution in [3.63, 3.8) is 0 Å². The standard InChI is InChI=1S/C22H18Cl2N2O3/c23-17-9-7-15(8-10-17)20-12-18(29-25-20)14-26(22(27)21-6-3-11-28-21)13-16-4-1-2-5-19(16)24/h1-11,18H,12-14H2. The Morgan fingerprint density at radius 1 is 1.07 bits per heavy atom. The third-order valence-electron chi connectivity index (χ3n) is 4.67. The molecule has 5 nitrogen and oxygen atoms in total. The number of furan rings is 1. The first kappa shape index (κ1) is 19.6. The molecule has 0 fully saturated rings. The molecule has 0 bridgehead atoms. The lowest BCUT2D eigenvalue weighted by atomic mass is 10.0. The molecule has 0 radical (unpaired) electrons. The summed E-state index contributed by atoms with van der Waals surface area (Å²) in [6.07, 6.45) is 1.81. The fourth-order valence-corrected chi connectivity index (χ4v) is 3.51. The van der Waals surface area contributed by atoms with Crippen LogP contribution in [0.3, 0.4) is 0 Å². The highest BCUT2D eigenvalue weighted by Gasteiger charge is 2.28. The van der Waals surface area contributed by atoms with E-state index in [1.807, 2.05) is 42.5 Å². The molecule has 0 saturated heterocycles. The Morgan fingerprint density at radius 3 is 2.59 bits per heavy atom. The van der Waals surface area contributed by atoms with Crippen LogP contribution in [0.5, 0.6) is 0 Å². The summed E-state index contributed by atoms with van der Waals surface area (Å²) in [7, 11) is 0. The molecule has 0 N–H and O–H groups in total. The molecule has 2 heterocycles. The number of halogens is 2. The van der Waals surface area contributed by atoms with Crippen LogP contribution in [0.2, 0.25) is 10.0 Å². The minimum absolute atomic E-state index is 0.224. The molecule has 148 valence electrons. The summed E-state index contributed by atoms with van der Waals surface area (Å²) >= 11 is 12.3. The Morgan fingerprint density at radius 2 is 1.86 bits per heavy atom. The molecule has 1 aliphatic heterocycles. The molecule has 1 aromatic heterocycles. The van der Waals surface area contributed by atoms with E-state index >= 15 is 0 Å². The molecule has 3 aromatic rings. The first-order valence-corrected chi connectivity index (χ1v) is 9.90. The smallest absolute Gasteiger partial charge is 0.289 e. The molecule has 29 heavy (non-hydrogen) atoms. The minimum atomic E-state index is -0.262. The van der Waals surface area contributed by atoms with Gasteiger partial charge in [-0.15, -0.1) is 0 Å². The fraction of sp³-hybridized carbons (Fsp3) is 0.182. The van der Waals surface area contributed by atoms with E-state index in [4.69, 9.17) is 32.5 Å². The predicted molar refractivity (Wildman–Crippen MR) is 112 cm³/mol. The van der Waals surface area contributed by atoms with Crippen molar-refractivity contribution in [2.45, 2.75) is 19.1 Å². The van der Waals surface area contributed by atoms with E-state index in [0.717, 1.165) is 16.8 Å². The van der Waals surface area contributed by atoms with Crippen LogP contribution < -0.4 is 0 Å². The number of carbonyl (C=O) groups excluding carboxylic acids is 1. The van der Waals surface area contributed by atoms with Crippen molar-refractivity contribution in [2.75, 3.05) is 6.54 Å². The van der Waals surface area contributed by atoms with E-state index in [1.54, 1.807) is 23.1 Å². The van der Waals surface area contributed by atoms with Crippen LogP contribution in [-0.2, 0) is 11.4 Å². The van der Waals surface area contributed by atoms with E-state index in [1.165, 1.54) is 6.26 Å². The van der Waals surface area contributed by atoms with Gasteiger partial charge in [0.25, 0.3) is 5.91 Å². The topological polar surface area (TPSA) is 55.0 Å². The normalized spacial score (nSPS) is 15.7. The zero-order chi connectivity index (χ0) is 20.2. The quantitative estimate of drug-likeness (QED) is 0.526. The number of benzene rings is 2. The maximum absolute atomic E-state index is 13.0. The zero-order valence-corrected chi connectivity index (χ0v) is 16.9. The monoisotopic (exact) mass is 428 g/mol. The van der Waals surface area contributed by atoms with Crippen LogP contribution in [0.25, 0.3) is 0 Å². The summed E-state index contributed by atoms with van der Waals surface area (Å²) in [5.41, 5.74) is 2.63. The Hall–Kier alpha value is -2.76. The predicted octanol–water partition coefficient (Wildman–Crippen LogP) is 5.42. The molecular weight excluding hydrogens is 411 g/mol. The largest absolute Gasteiger partial charge is 0.459 e. The molecule has 1 unspecified atom stereocenters. The lowest BCUT2D eigenvalue weighted by molar-refractivity contribution is 0.0387. The second-order valence-corrected chi connectivity index (χ2v) is 7.57.